The molecule has 2 N–H and O–H groups in total. The molecule has 3 aliphatic heterocycles. The van der Waals surface area contributed by atoms with Crippen molar-refractivity contribution in [1.29, 1.82) is 0 Å². The van der Waals surface area contributed by atoms with Gasteiger partial charge in [-0.25, -0.2) is 9.97 Å². The van der Waals surface area contributed by atoms with Crippen LogP contribution < -0.4 is 10.4 Å². The van der Waals surface area contributed by atoms with E-state index in [0.29, 0.717) is 6.04 Å². The zero-order valence-electron chi connectivity index (χ0n) is 56.5. The number of hydrogen-bond donors (Lipinski definition) is 2. The van der Waals surface area contributed by atoms with E-state index in [1.54, 1.807) is 0 Å². The van der Waals surface area contributed by atoms with E-state index in [1.165, 1.54) is 68.7 Å². The van der Waals surface area contributed by atoms with Gasteiger partial charge in [-0.15, -0.1) is 0 Å². The summed E-state index contributed by atoms with van der Waals surface area (Å²) in [7, 11) is 0.170. The Kier molecular flexibility index (Phi) is 15.5. The largest absolute Gasteiger partial charge is 0.354 e. The van der Waals surface area contributed by atoms with Gasteiger partial charge in [0.05, 0.1) is 22.8 Å². The lowest BCUT2D eigenvalue weighted by Gasteiger charge is -2.26. The van der Waals surface area contributed by atoms with Gasteiger partial charge in [0.25, 0.3) is 0 Å². The Hall–Kier alpha value is -7.12. The van der Waals surface area contributed by atoms with Crippen molar-refractivity contribution in [2.75, 3.05) is 13.6 Å². The summed E-state index contributed by atoms with van der Waals surface area (Å²) < 4.78 is 0. The monoisotopic (exact) mass is 1170 g/mol. The van der Waals surface area contributed by atoms with Gasteiger partial charge in [-0.05, 0) is 169 Å². The minimum Gasteiger partial charge on any atom is -0.354 e. The second-order valence-electron chi connectivity index (χ2n) is 32.4. The molecule has 450 valence electrons. The molecular weight excluding hydrogens is 1070 g/mol. The maximum Gasteiger partial charge on any atom is 0.112 e. The minimum atomic E-state index is -2.10. The summed E-state index contributed by atoms with van der Waals surface area (Å²) in [5.41, 5.74) is 25.0. The number of aromatic nitrogens is 4. The number of hydrogen-bond acceptors (Lipinski definition) is 3. The fourth-order valence-corrected chi connectivity index (χ4v) is 15.3. The number of nitrogens with zero attached hydrogens (tertiary/aromatic N) is 3. The van der Waals surface area contributed by atoms with E-state index in [9.17, 15) is 0 Å². The summed E-state index contributed by atoms with van der Waals surface area (Å²) in [6.45, 7) is 48.0. The fourth-order valence-electron chi connectivity index (χ4n) is 13.0. The van der Waals surface area contributed by atoms with Crippen molar-refractivity contribution < 1.29 is 0 Å². The van der Waals surface area contributed by atoms with Crippen LogP contribution in [0.2, 0.25) is 13.1 Å². The quantitative estimate of drug-likeness (QED) is 0.156. The molecule has 5 aromatic carbocycles. The van der Waals surface area contributed by atoms with Crippen LogP contribution in [-0.2, 0) is 32.5 Å². The molecule has 0 saturated carbocycles. The highest BCUT2D eigenvalue weighted by Crippen LogP contribution is 2.44. The Labute approximate surface area is 523 Å². The van der Waals surface area contributed by atoms with E-state index in [2.05, 4.69) is 311 Å². The van der Waals surface area contributed by atoms with Crippen molar-refractivity contribution in [1.82, 2.24) is 24.8 Å². The van der Waals surface area contributed by atoms with Crippen LogP contribution in [0.4, 0.5) is 0 Å². The van der Waals surface area contributed by atoms with Crippen LogP contribution in [-0.4, -0.2) is 46.5 Å². The van der Waals surface area contributed by atoms with Crippen LogP contribution in [0.15, 0.2) is 127 Å². The molecule has 8 bridgehead atoms. The van der Waals surface area contributed by atoms with Crippen molar-refractivity contribution in [3.63, 3.8) is 0 Å². The van der Waals surface area contributed by atoms with E-state index in [-0.39, 0.29) is 32.5 Å². The Morgan fingerprint density at radius 3 is 0.908 bits per heavy atom. The summed E-state index contributed by atoms with van der Waals surface area (Å²) in [6.07, 6.45) is 11.5. The number of likely N-dealkylation sites (tertiary alicyclic amines) is 1. The molecule has 0 spiro atoms. The van der Waals surface area contributed by atoms with Crippen molar-refractivity contribution in [3.8, 4) is 44.5 Å². The third kappa shape index (κ3) is 12.3. The lowest BCUT2D eigenvalue weighted by Crippen LogP contribution is -2.52. The maximum absolute atomic E-state index is 5.88. The van der Waals surface area contributed by atoms with Crippen molar-refractivity contribution >= 4 is 64.8 Å². The van der Waals surface area contributed by atoms with Crippen molar-refractivity contribution in [2.24, 2.45) is 0 Å². The summed E-state index contributed by atoms with van der Waals surface area (Å²) >= 11 is 0. The van der Waals surface area contributed by atoms with E-state index in [1.807, 2.05) is 0 Å². The zero-order valence-corrected chi connectivity index (χ0v) is 57.5. The molecule has 3 aliphatic rings. The van der Waals surface area contributed by atoms with Crippen LogP contribution in [0.1, 0.15) is 205 Å². The minimum absolute atomic E-state index is 0.102. The lowest BCUT2D eigenvalue weighted by molar-refractivity contribution is 0.317. The molecule has 1 saturated heterocycles. The normalized spacial score (nSPS) is 15.5. The maximum atomic E-state index is 5.88. The first kappa shape index (κ1) is 61.5. The average Bonchev–Trinajstić information content (AvgIpc) is 1.90. The van der Waals surface area contributed by atoms with Gasteiger partial charge in [-0.1, -0.05) is 251 Å². The summed E-state index contributed by atoms with van der Waals surface area (Å²) in [5.74, 6) is 0. The molecule has 0 amide bonds. The second-order valence-corrected chi connectivity index (χ2v) is 36.8. The topological polar surface area (TPSA) is 60.6 Å². The van der Waals surface area contributed by atoms with Gasteiger partial charge >= 0.3 is 0 Å². The Morgan fingerprint density at radius 2 is 0.644 bits per heavy atom. The smallest absolute Gasteiger partial charge is 0.112 e. The Balaban J connectivity index is 1.26. The molecule has 1 fully saturated rings. The summed E-state index contributed by atoms with van der Waals surface area (Å²) in [4.78, 5) is 22.5. The number of H-pyrrole nitrogens is 2. The third-order valence-electron chi connectivity index (χ3n) is 19.0. The van der Waals surface area contributed by atoms with Crippen LogP contribution >= 0.6 is 0 Å². The van der Waals surface area contributed by atoms with Gasteiger partial charge < -0.3 is 9.97 Å². The highest BCUT2D eigenvalue weighted by molar-refractivity contribution is 7.00. The molecule has 5 nitrogen and oxygen atoms in total. The zero-order chi connectivity index (χ0) is 62.7. The van der Waals surface area contributed by atoms with Crippen LogP contribution in [0, 0.1) is 0 Å². The molecule has 6 heterocycles. The highest BCUT2D eigenvalue weighted by Gasteiger charge is 2.31. The van der Waals surface area contributed by atoms with Gasteiger partial charge in [0.15, 0.2) is 0 Å². The number of aromatic amines is 2. The van der Waals surface area contributed by atoms with Gasteiger partial charge in [-0.3, -0.25) is 4.90 Å². The first-order chi connectivity index (χ1) is 40.5. The predicted molar refractivity (Wildman–Crippen MR) is 381 cm³/mol. The van der Waals surface area contributed by atoms with Crippen LogP contribution in [0.25, 0.3) is 90.9 Å². The number of nitrogens with one attached hydrogen (secondary N) is 2. The molecule has 0 aliphatic carbocycles. The first-order valence-corrected chi connectivity index (χ1v) is 35.1. The van der Waals surface area contributed by atoms with E-state index in [0.717, 1.165) is 89.4 Å². The van der Waals surface area contributed by atoms with Crippen molar-refractivity contribution in [2.45, 2.75) is 189 Å². The molecule has 6 heteroatoms. The van der Waals surface area contributed by atoms with Gasteiger partial charge in [0, 0.05) is 50.4 Å². The second kappa shape index (κ2) is 21.9. The third-order valence-corrected chi connectivity index (χ3v) is 22.6. The van der Waals surface area contributed by atoms with Crippen LogP contribution in [0.3, 0.4) is 0 Å². The fraction of sp³-hybridized carbons (Fsp3) is 0.383. The van der Waals surface area contributed by atoms with E-state index < -0.39 is 8.07 Å². The lowest BCUT2D eigenvalue weighted by atomic mass is 9.78. The molecule has 1 unspecified atom stereocenters. The van der Waals surface area contributed by atoms with Crippen LogP contribution in [0.5, 0.6) is 0 Å². The molecule has 87 heavy (non-hydrogen) atoms. The van der Waals surface area contributed by atoms with Crippen molar-refractivity contribution in [3.05, 3.63) is 189 Å². The SMILES string of the molecule is CN1CCCC1c1ccc([Si](C)(C)c2ccc(-c3c4nc(c(-c5cc(C(C)(C)C)cc(C(C)(C)C)c5)c5ccc([nH]5)c(-c5cc(C(C)(C)C)cc(C(C)(C)C)c5)c5nc(c(-c6cc(C(C)(C)C)cc(C(C)(C)C)c6)c6ccc3[nH]6)C=C5)C=C4)cc2)cc1. The van der Waals surface area contributed by atoms with E-state index >= 15 is 0 Å². The number of benzene rings is 5. The predicted octanol–water partition coefficient (Wildman–Crippen LogP) is 20.7. The summed E-state index contributed by atoms with van der Waals surface area (Å²) in [5, 5.41) is 2.85. The molecule has 3 aromatic heterocycles. The molecule has 0 radical (unpaired) electrons. The number of fused-ring (bicyclic) bond motifs is 8. The first-order valence-electron chi connectivity index (χ1n) is 32.1. The molecular formula is C81H97N5Si. The molecule has 1 atom stereocenters. The molecule has 8 aromatic rings. The Bertz CT molecular complexity index is 4040. The van der Waals surface area contributed by atoms with Gasteiger partial charge in [0.1, 0.15) is 8.07 Å². The number of rotatable bonds is 7. The summed E-state index contributed by atoms with van der Waals surface area (Å²) in [6, 6.07) is 50.6. The van der Waals surface area contributed by atoms with Gasteiger partial charge in [-0.2, -0.15) is 0 Å². The highest BCUT2D eigenvalue weighted by atomic mass is 28.3. The van der Waals surface area contributed by atoms with E-state index in [4.69, 9.17) is 9.97 Å². The molecule has 11 rings (SSSR count). The Morgan fingerprint density at radius 1 is 0.368 bits per heavy atom. The average molecular weight is 1170 g/mol. The van der Waals surface area contributed by atoms with Gasteiger partial charge in [0.2, 0.25) is 0 Å². The standard InChI is InChI=1S/C81H97N5Si/c1-76(2,3)55-41-52(42-56(47-55)77(4,5)6)73-65-34-32-63(82-65)72(51-26-30-62(31-27-51)87(20,21)61-28-24-50(25-29-61)71-23-22-40-86(71)19)64-33-35-66(83-64)74(53-43-57(78(7,8)9)48-58(44-53)79(10,11)12)68-37-39-70(85-68)75(69-38-36-67(73)84-69)54-45-59(80(13,14)15)49-60(46-54)81(16,17)18/h24-39,41-49,71,82,85H,22-23,40H2,1-21H3.